The summed E-state index contributed by atoms with van der Waals surface area (Å²) in [7, 11) is 0. The lowest BCUT2D eigenvalue weighted by Gasteiger charge is -2.38. The van der Waals surface area contributed by atoms with Gasteiger partial charge in [-0.25, -0.2) is 0 Å². The molecular formula is C19H26ClN3O2. The molecule has 1 aliphatic carbocycles. The molecule has 0 aromatic heterocycles. The molecule has 2 amide bonds. The molecule has 1 N–H and O–H groups in total. The van der Waals surface area contributed by atoms with Gasteiger partial charge in [0.25, 0.3) is 0 Å². The zero-order valence-electron chi connectivity index (χ0n) is 14.8. The van der Waals surface area contributed by atoms with E-state index in [1.54, 1.807) is 12.1 Å². The SMILES string of the molecule is CC1(C(=O)N2CCN(CC(=O)Nc3ccccc3Cl)CC2)CCCC1. The summed E-state index contributed by atoms with van der Waals surface area (Å²) in [6.45, 7) is 5.30. The van der Waals surface area contributed by atoms with E-state index in [-0.39, 0.29) is 11.3 Å². The molecule has 25 heavy (non-hydrogen) atoms. The number of piperazine rings is 1. The Hall–Kier alpha value is -1.59. The van der Waals surface area contributed by atoms with Crippen LogP contribution in [-0.2, 0) is 9.59 Å². The van der Waals surface area contributed by atoms with Gasteiger partial charge in [-0.1, -0.05) is 43.5 Å². The Bertz CT molecular complexity index is 635. The second kappa shape index (κ2) is 7.75. The van der Waals surface area contributed by atoms with Crippen molar-refractivity contribution in [1.82, 2.24) is 9.80 Å². The zero-order chi connectivity index (χ0) is 17.9. The quantitative estimate of drug-likeness (QED) is 0.894. The lowest BCUT2D eigenvalue weighted by molar-refractivity contribution is -0.142. The standard InChI is InChI=1S/C19H26ClN3O2/c1-19(8-4-5-9-19)18(25)23-12-10-22(11-13-23)14-17(24)21-16-7-3-2-6-15(16)20/h2-3,6-7H,4-5,8-14H2,1H3,(H,21,24). The van der Waals surface area contributed by atoms with Crippen LogP contribution in [0.5, 0.6) is 0 Å². The van der Waals surface area contributed by atoms with Gasteiger partial charge in [-0.2, -0.15) is 0 Å². The number of hydrogen-bond donors (Lipinski definition) is 1. The number of para-hydroxylation sites is 1. The van der Waals surface area contributed by atoms with Gasteiger partial charge in [-0.3, -0.25) is 14.5 Å². The predicted octanol–water partition coefficient (Wildman–Crippen LogP) is 3.00. The van der Waals surface area contributed by atoms with Crippen LogP contribution in [0, 0.1) is 5.41 Å². The molecular weight excluding hydrogens is 338 g/mol. The minimum Gasteiger partial charge on any atom is -0.340 e. The smallest absolute Gasteiger partial charge is 0.238 e. The molecule has 1 heterocycles. The largest absolute Gasteiger partial charge is 0.340 e. The summed E-state index contributed by atoms with van der Waals surface area (Å²) in [5, 5.41) is 3.39. The normalized spacial score (nSPS) is 20.5. The van der Waals surface area contributed by atoms with Crippen molar-refractivity contribution in [2.24, 2.45) is 5.41 Å². The second-order valence-corrected chi connectivity index (χ2v) is 7.77. The molecule has 6 heteroatoms. The van der Waals surface area contributed by atoms with Gasteiger partial charge in [-0.15, -0.1) is 0 Å². The molecule has 0 spiro atoms. The van der Waals surface area contributed by atoms with E-state index in [4.69, 9.17) is 11.6 Å². The molecule has 5 nitrogen and oxygen atoms in total. The number of nitrogens with zero attached hydrogens (tertiary/aromatic N) is 2. The van der Waals surface area contributed by atoms with E-state index < -0.39 is 0 Å². The molecule has 0 bridgehead atoms. The summed E-state index contributed by atoms with van der Waals surface area (Å²) in [4.78, 5) is 29.0. The highest BCUT2D eigenvalue weighted by Crippen LogP contribution is 2.39. The Kier molecular flexibility index (Phi) is 5.64. The minimum atomic E-state index is -0.163. The van der Waals surface area contributed by atoms with Crippen molar-refractivity contribution in [1.29, 1.82) is 0 Å². The fourth-order valence-corrected chi connectivity index (χ4v) is 4.00. The summed E-state index contributed by atoms with van der Waals surface area (Å²) in [5.74, 6) is 0.223. The number of halogens is 1. The van der Waals surface area contributed by atoms with Crippen molar-refractivity contribution >= 4 is 29.1 Å². The summed E-state index contributed by atoms with van der Waals surface area (Å²) < 4.78 is 0. The third-order valence-corrected chi connectivity index (χ3v) is 5.73. The molecule has 2 fully saturated rings. The van der Waals surface area contributed by atoms with Crippen LogP contribution in [-0.4, -0.2) is 54.3 Å². The first-order valence-corrected chi connectivity index (χ1v) is 9.42. The maximum absolute atomic E-state index is 12.7. The molecule has 0 radical (unpaired) electrons. The van der Waals surface area contributed by atoms with Crippen LogP contribution in [0.4, 0.5) is 5.69 Å². The van der Waals surface area contributed by atoms with Gasteiger partial charge >= 0.3 is 0 Å². The monoisotopic (exact) mass is 363 g/mol. The Labute approximate surface area is 154 Å². The fraction of sp³-hybridized carbons (Fsp3) is 0.579. The highest BCUT2D eigenvalue weighted by atomic mass is 35.5. The molecule has 1 saturated heterocycles. The van der Waals surface area contributed by atoms with Crippen LogP contribution in [0.2, 0.25) is 5.02 Å². The van der Waals surface area contributed by atoms with E-state index >= 15 is 0 Å². The van der Waals surface area contributed by atoms with Crippen LogP contribution in [0.3, 0.4) is 0 Å². The number of amides is 2. The summed E-state index contributed by atoms with van der Waals surface area (Å²) >= 11 is 6.07. The maximum atomic E-state index is 12.7. The highest BCUT2D eigenvalue weighted by Gasteiger charge is 2.39. The average molecular weight is 364 g/mol. The number of carbonyl (C=O) groups excluding carboxylic acids is 2. The molecule has 0 atom stereocenters. The first kappa shape index (κ1) is 18.2. The van der Waals surface area contributed by atoms with Crippen LogP contribution >= 0.6 is 11.6 Å². The van der Waals surface area contributed by atoms with Gasteiger partial charge in [0.15, 0.2) is 0 Å². The van der Waals surface area contributed by atoms with Crippen LogP contribution < -0.4 is 5.32 Å². The molecule has 0 unspecified atom stereocenters. The molecule has 1 aromatic rings. The van der Waals surface area contributed by atoms with E-state index in [1.165, 1.54) is 0 Å². The number of benzene rings is 1. The lowest BCUT2D eigenvalue weighted by Crippen LogP contribution is -2.53. The Balaban J connectivity index is 1.47. The summed E-state index contributed by atoms with van der Waals surface area (Å²) in [6, 6.07) is 7.22. The molecule has 1 aliphatic heterocycles. The first-order valence-electron chi connectivity index (χ1n) is 9.04. The van der Waals surface area contributed by atoms with Gasteiger partial charge in [0.05, 0.1) is 17.3 Å². The summed E-state index contributed by atoms with van der Waals surface area (Å²) in [6.07, 6.45) is 4.33. The predicted molar refractivity (Wildman–Crippen MR) is 99.7 cm³/mol. The fourth-order valence-electron chi connectivity index (χ4n) is 3.82. The van der Waals surface area contributed by atoms with E-state index in [1.807, 2.05) is 17.0 Å². The Morgan fingerprint density at radius 2 is 1.76 bits per heavy atom. The summed E-state index contributed by atoms with van der Waals surface area (Å²) in [5.41, 5.74) is 0.473. The molecule has 1 saturated carbocycles. The van der Waals surface area contributed by atoms with Gasteiger partial charge in [0.2, 0.25) is 11.8 Å². The van der Waals surface area contributed by atoms with Crippen molar-refractivity contribution in [3.8, 4) is 0 Å². The van der Waals surface area contributed by atoms with Gasteiger partial charge in [-0.05, 0) is 25.0 Å². The highest BCUT2D eigenvalue weighted by molar-refractivity contribution is 6.33. The average Bonchev–Trinajstić information content (AvgIpc) is 3.05. The Morgan fingerprint density at radius 3 is 2.40 bits per heavy atom. The van der Waals surface area contributed by atoms with Crippen LogP contribution in [0.25, 0.3) is 0 Å². The number of hydrogen-bond acceptors (Lipinski definition) is 3. The van der Waals surface area contributed by atoms with E-state index in [0.717, 1.165) is 38.8 Å². The number of nitrogens with one attached hydrogen (secondary N) is 1. The third-order valence-electron chi connectivity index (χ3n) is 5.40. The van der Waals surface area contributed by atoms with Crippen molar-refractivity contribution in [3.63, 3.8) is 0 Å². The van der Waals surface area contributed by atoms with Crippen molar-refractivity contribution < 1.29 is 9.59 Å². The molecule has 2 aliphatic rings. The van der Waals surface area contributed by atoms with E-state index in [2.05, 4.69) is 17.1 Å². The van der Waals surface area contributed by atoms with E-state index in [0.29, 0.717) is 36.3 Å². The Morgan fingerprint density at radius 1 is 1.12 bits per heavy atom. The van der Waals surface area contributed by atoms with Gasteiger partial charge in [0.1, 0.15) is 0 Å². The lowest BCUT2D eigenvalue weighted by atomic mass is 9.87. The van der Waals surface area contributed by atoms with Crippen molar-refractivity contribution in [2.75, 3.05) is 38.0 Å². The van der Waals surface area contributed by atoms with Crippen molar-refractivity contribution in [3.05, 3.63) is 29.3 Å². The molecule has 136 valence electrons. The second-order valence-electron chi connectivity index (χ2n) is 7.36. The van der Waals surface area contributed by atoms with Gasteiger partial charge < -0.3 is 10.2 Å². The number of anilines is 1. The van der Waals surface area contributed by atoms with Crippen LogP contribution in [0.15, 0.2) is 24.3 Å². The zero-order valence-corrected chi connectivity index (χ0v) is 15.5. The van der Waals surface area contributed by atoms with Gasteiger partial charge in [0, 0.05) is 31.6 Å². The third kappa shape index (κ3) is 4.33. The maximum Gasteiger partial charge on any atom is 0.238 e. The molecule has 3 rings (SSSR count). The minimum absolute atomic E-state index is 0.0735. The topological polar surface area (TPSA) is 52.7 Å². The number of carbonyl (C=O) groups is 2. The van der Waals surface area contributed by atoms with E-state index in [9.17, 15) is 9.59 Å². The van der Waals surface area contributed by atoms with Crippen LogP contribution in [0.1, 0.15) is 32.6 Å². The molecule has 1 aromatic carbocycles. The van der Waals surface area contributed by atoms with Crippen molar-refractivity contribution in [2.45, 2.75) is 32.6 Å². The number of rotatable bonds is 4. The first-order chi connectivity index (χ1) is 12.0.